The Balaban J connectivity index is 0.00000176. The lowest BCUT2D eigenvalue weighted by Gasteiger charge is -2.27. The predicted molar refractivity (Wildman–Crippen MR) is 101 cm³/mol. The molecule has 2 aromatic rings. The van der Waals surface area contributed by atoms with Crippen molar-refractivity contribution in [2.24, 2.45) is 10.7 Å². The van der Waals surface area contributed by atoms with Gasteiger partial charge in [-0.05, 0) is 37.8 Å². The normalized spacial score (nSPS) is 15.9. The zero-order valence-electron chi connectivity index (χ0n) is 13.0. The smallest absolute Gasteiger partial charge is 0.191 e. The van der Waals surface area contributed by atoms with Crippen molar-refractivity contribution in [1.29, 1.82) is 0 Å². The van der Waals surface area contributed by atoms with Crippen LogP contribution in [0.1, 0.15) is 30.5 Å². The monoisotopic (exact) mass is 413 g/mol. The van der Waals surface area contributed by atoms with Crippen molar-refractivity contribution in [3.8, 4) is 0 Å². The largest absolute Gasteiger partial charge is 0.370 e. The molecule has 0 aliphatic carbocycles. The number of nitrogens with two attached hydrogens (primary N) is 1. The molecular weight excluding hydrogens is 389 g/mol. The second-order valence-electron chi connectivity index (χ2n) is 5.69. The molecule has 0 saturated carbocycles. The highest BCUT2D eigenvalue weighted by Crippen LogP contribution is 2.11. The third-order valence-corrected chi connectivity index (χ3v) is 4.05. The third kappa shape index (κ3) is 3.91. The molecule has 2 aromatic heterocycles. The van der Waals surface area contributed by atoms with Crippen LogP contribution in [0, 0.1) is 6.92 Å². The second kappa shape index (κ2) is 7.80. The minimum Gasteiger partial charge on any atom is -0.370 e. The van der Waals surface area contributed by atoms with Gasteiger partial charge in [0.05, 0.1) is 5.69 Å². The van der Waals surface area contributed by atoms with Gasteiger partial charge in [-0.2, -0.15) is 0 Å². The summed E-state index contributed by atoms with van der Waals surface area (Å²) >= 11 is 0. The average molecular weight is 413 g/mol. The van der Waals surface area contributed by atoms with E-state index >= 15 is 0 Å². The molecule has 0 radical (unpaired) electrons. The molecule has 6 heteroatoms. The average Bonchev–Trinajstić information content (AvgIpc) is 2.92. The standard InChI is InChI=1S/C16H23N5.HI/c1-13-6-5-11-21-12-14(19-15(13)21)7-8-18-16(17)20-9-3-2-4-10-20;/h5-6,11-12H,2-4,7-10H2,1H3,(H2,17,18);1H. The molecule has 1 fully saturated rings. The van der Waals surface area contributed by atoms with Crippen molar-refractivity contribution in [3.05, 3.63) is 35.8 Å². The highest BCUT2D eigenvalue weighted by atomic mass is 127. The molecular formula is C16H24IN5. The summed E-state index contributed by atoms with van der Waals surface area (Å²) in [6.07, 6.45) is 8.70. The van der Waals surface area contributed by atoms with Gasteiger partial charge in [-0.15, -0.1) is 24.0 Å². The number of piperidine rings is 1. The molecule has 0 spiro atoms. The first-order valence-corrected chi connectivity index (χ1v) is 7.72. The van der Waals surface area contributed by atoms with Crippen LogP contribution >= 0.6 is 24.0 Å². The van der Waals surface area contributed by atoms with Gasteiger partial charge in [0.25, 0.3) is 0 Å². The van der Waals surface area contributed by atoms with Gasteiger partial charge >= 0.3 is 0 Å². The van der Waals surface area contributed by atoms with Crippen molar-refractivity contribution < 1.29 is 0 Å². The zero-order valence-corrected chi connectivity index (χ0v) is 15.4. The molecule has 22 heavy (non-hydrogen) atoms. The highest BCUT2D eigenvalue weighted by molar-refractivity contribution is 14.0. The van der Waals surface area contributed by atoms with Gasteiger partial charge in [0, 0.05) is 38.4 Å². The van der Waals surface area contributed by atoms with E-state index in [9.17, 15) is 0 Å². The number of aryl methyl sites for hydroxylation is 1. The van der Waals surface area contributed by atoms with Gasteiger partial charge in [0.15, 0.2) is 5.96 Å². The number of aliphatic imine (C=N–C) groups is 1. The molecule has 1 aliphatic rings. The molecule has 5 nitrogen and oxygen atoms in total. The van der Waals surface area contributed by atoms with Crippen molar-refractivity contribution in [1.82, 2.24) is 14.3 Å². The molecule has 0 atom stereocenters. The number of nitrogens with zero attached hydrogens (tertiary/aromatic N) is 4. The van der Waals surface area contributed by atoms with E-state index in [-0.39, 0.29) is 24.0 Å². The van der Waals surface area contributed by atoms with Crippen molar-refractivity contribution in [2.75, 3.05) is 19.6 Å². The van der Waals surface area contributed by atoms with Gasteiger partial charge in [0.2, 0.25) is 0 Å². The summed E-state index contributed by atoms with van der Waals surface area (Å²) in [4.78, 5) is 11.4. The van der Waals surface area contributed by atoms with Crippen LogP contribution in [0.25, 0.3) is 5.65 Å². The number of pyridine rings is 1. The van der Waals surface area contributed by atoms with E-state index in [4.69, 9.17) is 5.73 Å². The van der Waals surface area contributed by atoms with E-state index < -0.39 is 0 Å². The van der Waals surface area contributed by atoms with Gasteiger partial charge in [-0.25, -0.2) is 4.98 Å². The third-order valence-electron chi connectivity index (χ3n) is 4.05. The van der Waals surface area contributed by atoms with Crippen molar-refractivity contribution in [3.63, 3.8) is 0 Å². The number of hydrogen-bond acceptors (Lipinski definition) is 2. The Kier molecular flexibility index (Phi) is 6.05. The van der Waals surface area contributed by atoms with Crippen LogP contribution < -0.4 is 5.73 Å². The van der Waals surface area contributed by atoms with Crippen LogP contribution in [0.5, 0.6) is 0 Å². The Hall–Kier alpha value is -1.31. The summed E-state index contributed by atoms with van der Waals surface area (Å²) in [5, 5.41) is 0. The lowest BCUT2D eigenvalue weighted by molar-refractivity contribution is 0.338. The SMILES string of the molecule is Cc1cccn2cc(CCN=C(N)N3CCCCC3)nc12.I. The molecule has 1 aliphatic heterocycles. The minimum absolute atomic E-state index is 0. The van der Waals surface area contributed by atoms with E-state index in [0.717, 1.165) is 30.9 Å². The van der Waals surface area contributed by atoms with Crippen LogP contribution in [0.15, 0.2) is 29.5 Å². The Morgan fingerprint density at radius 3 is 2.82 bits per heavy atom. The van der Waals surface area contributed by atoms with E-state index in [1.165, 1.54) is 24.8 Å². The lowest BCUT2D eigenvalue weighted by Crippen LogP contribution is -2.41. The Morgan fingerprint density at radius 1 is 1.32 bits per heavy atom. The van der Waals surface area contributed by atoms with Crippen LogP contribution in [0.2, 0.25) is 0 Å². The fraction of sp³-hybridized carbons (Fsp3) is 0.500. The zero-order chi connectivity index (χ0) is 14.7. The summed E-state index contributed by atoms with van der Waals surface area (Å²) < 4.78 is 2.07. The highest BCUT2D eigenvalue weighted by Gasteiger charge is 2.11. The quantitative estimate of drug-likeness (QED) is 0.478. The van der Waals surface area contributed by atoms with Crippen molar-refractivity contribution in [2.45, 2.75) is 32.6 Å². The topological polar surface area (TPSA) is 58.9 Å². The number of halogens is 1. The van der Waals surface area contributed by atoms with E-state index in [0.29, 0.717) is 12.5 Å². The molecule has 0 aromatic carbocycles. The molecule has 3 rings (SSSR count). The molecule has 0 unspecified atom stereocenters. The lowest BCUT2D eigenvalue weighted by atomic mass is 10.1. The van der Waals surface area contributed by atoms with E-state index in [1.54, 1.807) is 0 Å². The van der Waals surface area contributed by atoms with Crippen LogP contribution in [-0.4, -0.2) is 39.9 Å². The number of guanidine groups is 1. The van der Waals surface area contributed by atoms with Crippen LogP contribution in [0.4, 0.5) is 0 Å². The number of fused-ring (bicyclic) bond motifs is 1. The summed E-state index contributed by atoms with van der Waals surface area (Å²) in [6.45, 7) is 4.87. The summed E-state index contributed by atoms with van der Waals surface area (Å²) in [6, 6.07) is 4.12. The summed E-state index contributed by atoms with van der Waals surface area (Å²) in [5.74, 6) is 0.689. The molecule has 0 bridgehead atoms. The van der Waals surface area contributed by atoms with Gasteiger partial charge in [-0.1, -0.05) is 6.07 Å². The number of hydrogen-bond donors (Lipinski definition) is 1. The summed E-state index contributed by atoms with van der Waals surface area (Å²) in [7, 11) is 0. The molecule has 0 amide bonds. The van der Waals surface area contributed by atoms with Crippen LogP contribution in [0.3, 0.4) is 0 Å². The molecule has 2 N–H and O–H groups in total. The maximum atomic E-state index is 6.06. The Labute approximate surface area is 148 Å². The van der Waals surface area contributed by atoms with Crippen LogP contribution in [-0.2, 0) is 6.42 Å². The Morgan fingerprint density at radius 2 is 2.09 bits per heavy atom. The number of likely N-dealkylation sites (tertiary alicyclic amines) is 1. The van der Waals surface area contributed by atoms with E-state index in [2.05, 4.69) is 38.5 Å². The fourth-order valence-electron chi connectivity index (χ4n) is 2.83. The van der Waals surface area contributed by atoms with Crippen molar-refractivity contribution >= 4 is 35.6 Å². The predicted octanol–water partition coefficient (Wildman–Crippen LogP) is 2.60. The van der Waals surface area contributed by atoms with Gasteiger partial charge < -0.3 is 15.0 Å². The number of imidazole rings is 1. The van der Waals surface area contributed by atoms with Gasteiger partial charge in [0.1, 0.15) is 5.65 Å². The first-order chi connectivity index (χ1) is 10.2. The maximum Gasteiger partial charge on any atom is 0.191 e. The minimum atomic E-state index is 0. The first-order valence-electron chi connectivity index (χ1n) is 7.72. The maximum absolute atomic E-state index is 6.06. The number of rotatable bonds is 3. The summed E-state index contributed by atoms with van der Waals surface area (Å²) in [5.41, 5.74) is 9.35. The fourth-order valence-corrected chi connectivity index (χ4v) is 2.83. The Bertz CT molecular complexity index is 643. The molecule has 1 saturated heterocycles. The van der Waals surface area contributed by atoms with Gasteiger partial charge in [-0.3, -0.25) is 4.99 Å². The van der Waals surface area contributed by atoms with E-state index in [1.807, 2.05) is 12.3 Å². The second-order valence-corrected chi connectivity index (χ2v) is 5.69. The molecule has 120 valence electrons. The number of aromatic nitrogens is 2. The molecule has 3 heterocycles. The first kappa shape index (κ1) is 17.1.